The largest absolute Gasteiger partial charge is 0.496 e. The molecule has 1 aromatic carbocycles. The Hall–Kier alpha value is -1.97. The molecule has 2 N–H and O–H groups in total. The van der Waals surface area contributed by atoms with E-state index in [1.165, 1.54) is 0 Å². The quantitative estimate of drug-likeness (QED) is 0.890. The van der Waals surface area contributed by atoms with Crippen LogP contribution in [0.2, 0.25) is 0 Å². The van der Waals surface area contributed by atoms with Gasteiger partial charge in [-0.05, 0) is 31.9 Å². The molecule has 0 unspecified atom stereocenters. The monoisotopic (exact) mass is 274 g/mol. The van der Waals surface area contributed by atoms with Crippen molar-refractivity contribution in [2.24, 2.45) is 0 Å². The number of nitrogen functional groups attached to an aromatic ring is 1. The molecule has 0 spiro atoms. The Labute approximate surface area is 119 Å². The third-order valence-electron chi connectivity index (χ3n) is 3.74. The van der Waals surface area contributed by atoms with Gasteiger partial charge < -0.3 is 15.0 Å². The third kappa shape index (κ3) is 2.50. The van der Waals surface area contributed by atoms with Crippen molar-refractivity contribution in [1.82, 2.24) is 5.16 Å². The highest BCUT2D eigenvalue weighted by molar-refractivity contribution is 5.80. The summed E-state index contributed by atoms with van der Waals surface area (Å²) in [5.41, 5.74) is 9.91. The SMILES string of the molecule is CCC(CC)c1noc(N)c1-c1cc(C)ccc1OC. The van der Waals surface area contributed by atoms with Crippen molar-refractivity contribution >= 4 is 5.88 Å². The summed E-state index contributed by atoms with van der Waals surface area (Å²) in [6.07, 6.45) is 2.01. The Bertz CT molecular complexity index is 586. The molecule has 2 aromatic rings. The van der Waals surface area contributed by atoms with Crippen LogP contribution >= 0.6 is 0 Å². The van der Waals surface area contributed by atoms with Gasteiger partial charge in [0, 0.05) is 11.5 Å². The molecular weight excluding hydrogens is 252 g/mol. The molecule has 108 valence electrons. The summed E-state index contributed by atoms with van der Waals surface area (Å²) in [5.74, 6) is 1.49. The number of nitrogens with zero attached hydrogens (tertiary/aromatic N) is 1. The highest BCUT2D eigenvalue weighted by Crippen LogP contribution is 2.41. The van der Waals surface area contributed by atoms with Gasteiger partial charge in [-0.1, -0.05) is 30.6 Å². The van der Waals surface area contributed by atoms with Crippen LogP contribution in [0.25, 0.3) is 11.1 Å². The lowest BCUT2D eigenvalue weighted by Gasteiger charge is -2.13. The molecule has 1 aromatic heterocycles. The van der Waals surface area contributed by atoms with Crippen LogP contribution in [-0.2, 0) is 0 Å². The van der Waals surface area contributed by atoms with Gasteiger partial charge in [-0.25, -0.2) is 0 Å². The number of hydrogen-bond donors (Lipinski definition) is 1. The van der Waals surface area contributed by atoms with E-state index in [4.69, 9.17) is 15.0 Å². The second-order valence-corrected chi connectivity index (χ2v) is 5.02. The molecule has 0 fully saturated rings. The summed E-state index contributed by atoms with van der Waals surface area (Å²) in [4.78, 5) is 0. The van der Waals surface area contributed by atoms with E-state index >= 15 is 0 Å². The predicted octanol–water partition coefficient (Wildman–Crippen LogP) is 4.14. The molecule has 4 nitrogen and oxygen atoms in total. The van der Waals surface area contributed by atoms with Crippen molar-refractivity contribution in [3.63, 3.8) is 0 Å². The number of ether oxygens (including phenoxy) is 1. The fraction of sp³-hybridized carbons (Fsp3) is 0.438. The van der Waals surface area contributed by atoms with Crippen LogP contribution in [0, 0.1) is 6.92 Å². The average Bonchev–Trinajstić information content (AvgIpc) is 2.82. The first-order valence-corrected chi connectivity index (χ1v) is 7.02. The van der Waals surface area contributed by atoms with Gasteiger partial charge in [0.25, 0.3) is 0 Å². The first-order chi connectivity index (χ1) is 9.62. The predicted molar refractivity (Wildman–Crippen MR) is 81.0 cm³/mol. The number of rotatable bonds is 5. The standard InChI is InChI=1S/C16H22N2O2/c1-5-11(6-2)15-14(16(17)20-18-15)12-9-10(3)7-8-13(12)19-4/h7-9,11H,5-6,17H2,1-4H3. The maximum absolute atomic E-state index is 6.01. The lowest BCUT2D eigenvalue weighted by atomic mass is 9.92. The average molecular weight is 274 g/mol. The summed E-state index contributed by atoms with van der Waals surface area (Å²) in [7, 11) is 1.66. The van der Waals surface area contributed by atoms with Gasteiger partial charge in [-0.3, -0.25) is 0 Å². The van der Waals surface area contributed by atoms with Crippen molar-refractivity contribution < 1.29 is 9.26 Å². The van der Waals surface area contributed by atoms with Crippen molar-refractivity contribution in [3.8, 4) is 16.9 Å². The summed E-state index contributed by atoms with van der Waals surface area (Å²) in [6, 6.07) is 6.03. The van der Waals surface area contributed by atoms with Gasteiger partial charge >= 0.3 is 0 Å². The molecule has 2 rings (SSSR count). The van der Waals surface area contributed by atoms with Crippen LogP contribution in [0.4, 0.5) is 5.88 Å². The van der Waals surface area contributed by atoms with Crippen LogP contribution in [0.15, 0.2) is 22.7 Å². The fourth-order valence-corrected chi connectivity index (χ4v) is 2.56. The van der Waals surface area contributed by atoms with Gasteiger partial charge in [-0.2, -0.15) is 0 Å². The number of hydrogen-bond acceptors (Lipinski definition) is 4. The fourth-order valence-electron chi connectivity index (χ4n) is 2.56. The minimum absolute atomic E-state index is 0.344. The van der Waals surface area contributed by atoms with E-state index in [1.807, 2.05) is 19.1 Å². The number of methoxy groups -OCH3 is 1. The zero-order valence-corrected chi connectivity index (χ0v) is 12.6. The number of aromatic nitrogens is 1. The molecule has 0 aliphatic carbocycles. The van der Waals surface area contributed by atoms with Crippen LogP contribution in [0.5, 0.6) is 5.75 Å². The van der Waals surface area contributed by atoms with E-state index in [-0.39, 0.29) is 0 Å². The normalized spacial score (nSPS) is 11.1. The number of benzene rings is 1. The molecule has 0 aliphatic heterocycles. The Balaban J connectivity index is 2.63. The molecule has 0 saturated heterocycles. The molecule has 20 heavy (non-hydrogen) atoms. The van der Waals surface area contributed by atoms with Gasteiger partial charge in [-0.15, -0.1) is 0 Å². The highest BCUT2D eigenvalue weighted by Gasteiger charge is 2.23. The smallest absolute Gasteiger partial charge is 0.230 e. The summed E-state index contributed by atoms with van der Waals surface area (Å²) < 4.78 is 10.7. The Morgan fingerprint density at radius 3 is 2.60 bits per heavy atom. The molecular formula is C16H22N2O2. The lowest BCUT2D eigenvalue weighted by Crippen LogP contribution is -2.00. The maximum Gasteiger partial charge on any atom is 0.230 e. The molecule has 0 amide bonds. The minimum atomic E-state index is 0.344. The molecule has 1 heterocycles. The zero-order valence-electron chi connectivity index (χ0n) is 12.6. The number of nitrogens with two attached hydrogens (primary N) is 1. The van der Waals surface area contributed by atoms with Crippen molar-refractivity contribution in [3.05, 3.63) is 29.5 Å². The van der Waals surface area contributed by atoms with Gasteiger partial charge in [0.05, 0.1) is 18.4 Å². The first kappa shape index (κ1) is 14.4. The van der Waals surface area contributed by atoms with Crippen molar-refractivity contribution in [2.75, 3.05) is 12.8 Å². The Morgan fingerprint density at radius 1 is 1.30 bits per heavy atom. The molecule has 0 bridgehead atoms. The van der Waals surface area contributed by atoms with Crippen LogP contribution in [0.1, 0.15) is 43.9 Å². The Kier molecular flexibility index (Phi) is 4.32. The third-order valence-corrected chi connectivity index (χ3v) is 3.74. The van der Waals surface area contributed by atoms with E-state index in [0.717, 1.165) is 41.0 Å². The van der Waals surface area contributed by atoms with Crippen molar-refractivity contribution in [1.29, 1.82) is 0 Å². The van der Waals surface area contributed by atoms with E-state index in [1.54, 1.807) is 7.11 Å². The summed E-state index contributed by atoms with van der Waals surface area (Å²) in [6.45, 7) is 6.34. The minimum Gasteiger partial charge on any atom is -0.496 e. The second kappa shape index (κ2) is 5.99. The van der Waals surface area contributed by atoms with Crippen LogP contribution in [0.3, 0.4) is 0 Å². The highest BCUT2D eigenvalue weighted by atomic mass is 16.5. The zero-order chi connectivity index (χ0) is 14.7. The first-order valence-electron chi connectivity index (χ1n) is 7.02. The van der Waals surface area contributed by atoms with Gasteiger partial charge in [0.15, 0.2) is 0 Å². The van der Waals surface area contributed by atoms with Gasteiger partial charge in [0.2, 0.25) is 5.88 Å². The molecule has 0 atom stereocenters. The molecule has 0 radical (unpaired) electrons. The molecule has 0 saturated carbocycles. The van der Waals surface area contributed by atoms with Gasteiger partial charge in [0.1, 0.15) is 5.75 Å². The van der Waals surface area contributed by atoms with E-state index < -0.39 is 0 Å². The van der Waals surface area contributed by atoms with Crippen LogP contribution in [-0.4, -0.2) is 12.3 Å². The van der Waals surface area contributed by atoms with E-state index in [0.29, 0.717) is 11.8 Å². The summed E-state index contributed by atoms with van der Waals surface area (Å²) >= 11 is 0. The van der Waals surface area contributed by atoms with E-state index in [2.05, 4.69) is 25.1 Å². The van der Waals surface area contributed by atoms with Crippen molar-refractivity contribution in [2.45, 2.75) is 39.5 Å². The topological polar surface area (TPSA) is 61.3 Å². The molecule has 4 heteroatoms. The second-order valence-electron chi connectivity index (χ2n) is 5.02. The maximum atomic E-state index is 6.01. The Morgan fingerprint density at radius 2 is 2.00 bits per heavy atom. The van der Waals surface area contributed by atoms with Crippen LogP contribution < -0.4 is 10.5 Å². The summed E-state index contributed by atoms with van der Waals surface area (Å²) in [5, 5.41) is 4.18. The van der Waals surface area contributed by atoms with E-state index in [9.17, 15) is 0 Å². The number of aryl methyl sites for hydroxylation is 1. The number of anilines is 1. The lowest BCUT2D eigenvalue weighted by molar-refractivity contribution is 0.415. The molecule has 0 aliphatic rings.